The summed E-state index contributed by atoms with van der Waals surface area (Å²) in [5.41, 5.74) is -0.435. The molecular weight excluding hydrogens is 373 g/mol. The van der Waals surface area contributed by atoms with Crippen molar-refractivity contribution >= 4 is 45.4 Å². The molecule has 3 aliphatic rings. The number of rotatable bonds is 4. The van der Waals surface area contributed by atoms with Crippen LogP contribution in [0.2, 0.25) is 0 Å². The molecule has 0 radical (unpaired) electrons. The third-order valence-electron chi connectivity index (χ3n) is 6.95. The molecule has 0 N–H and O–H groups in total. The van der Waals surface area contributed by atoms with Gasteiger partial charge in [0.2, 0.25) is 15.9 Å². The second kappa shape index (κ2) is 5.34. The Morgan fingerprint density at radius 1 is 1.42 bits per heavy atom. The first-order valence-electron chi connectivity index (χ1n) is 8.28. The van der Waals surface area contributed by atoms with Gasteiger partial charge < -0.3 is 4.79 Å². The highest BCUT2D eigenvalue weighted by Crippen LogP contribution is 2.70. The lowest BCUT2D eigenvalue weighted by Gasteiger charge is -2.37. The summed E-state index contributed by atoms with van der Waals surface area (Å²) in [7, 11) is -3.65. The molecule has 5 nitrogen and oxygen atoms in total. The van der Waals surface area contributed by atoms with Crippen molar-refractivity contribution in [2.45, 2.75) is 56.8 Å². The highest BCUT2D eigenvalue weighted by Gasteiger charge is 2.72. The van der Waals surface area contributed by atoms with E-state index < -0.39 is 26.2 Å². The van der Waals surface area contributed by atoms with Crippen molar-refractivity contribution in [2.24, 2.45) is 22.7 Å². The van der Waals surface area contributed by atoms with Crippen molar-refractivity contribution in [3.8, 4) is 0 Å². The maximum atomic E-state index is 12.8. The Hall–Kier alpha value is -0.330. The van der Waals surface area contributed by atoms with Crippen LogP contribution in [-0.4, -0.2) is 41.0 Å². The van der Waals surface area contributed by atoms with E-state index in [-0.39, 0.29) is 29.0 Å². The fraction of sp³-hybridized carbons (Fsp3) is 0.875. The van der Waals surface area contributed by atoms with E-state index in [2.05, 4.69) is 13.8 Å². The molecule has 1 unspecified atom stereocenters. The second-order valence-electron chi connectivity index (χ2n) is 8.21. The number of fused-ring (bicyclic) bond motifs is 1. The largest absolute Gasteiger partial charge is 0.300 e. The van der Waals surface area contributed by atoms with Crippen LogP contribution in [0.4, 0.5) is 0 Å². The number of alkyl halides is 2. The average Bonchev–Trinajstić information content (AvgIpc) is 2.93. The van der Waals surface area contributed by atoms with E-state index in [0.29, 0.717) is 12.2 Å². The summed E-state index contributed by atoms with van der Waals surface area (Å²) >= 11 is 11.8. The van der Waals surface area contributed by atoms with Crippen LogP contribution in [0.1, 0.15) is 46.5 Å². The number of sulfonamides is 1. The van der Waals surface area contributed by atoms with Crippen molar-refractivity contribution in [3.63, 3.8) is 0 Å². The topological polar surface area (TPSA) is 71.5 Å². The smallest absolute Gasteiger partial charge is 0.238 e. The molecule has 1 saturated heterocycles. The quantitative estimate of drug-likeness (QED) is 0.541. The SMILES string of the molecule is C[C@H](CC(=O)N1[C@@H]2CC3CC[C@]2(CS1(=O)=O)C3(C)C)C(Cl)(Cl)C=O. The number of hydrogen-bond donors (Lipinski definition) is 0. The minimum atomic E-state index is -3.65. The molecule has 1 aliphatic heterocycles. The fourth-order valence-corrected chi connectivity index (χ4v) is 7.93. The predicted molar refractivity (Wildman–Crippen MR) is 92.3 cm³/mol. The van der Waals surface area contributed by atoms with Crippen LogP contribution in [-0.2, 0) is 19.6 Å². The van der Waals surface area contributed by atoms with Crippen LogP contribution in [0.25, 0.3) is 0 Å². The Balaban J connectivity index is 1.89. The van der Waals surface area contributed by atoms with Crippen molar-refractivity contribution < 1.29 is 18.0 Å². The van der Waals surface area contributed by atoms with E-state index in [1.165, 1.54) is 0 Å². The molecule has 1 amide bonds. The minimum absolute atomic E-state index is 0.0366. The number of nitrogens with zero attached hydrogens (tertiary/aromatic N) is 1. The van der Waals surface area contributed by atoms with Gasteiger partial charge in [0, 0.05) is 17.8 Å². The van der Waals surface area contributed by atoms with Gasteiger partial charge in [0.05, 0.1) is 11.8 Å². The van der Waals surface area contributed by atoms with E-state index in [1.54, 1.807) is 6.92 Å². The van der Waals surface area contributed by atoms with Gasteiger partial charge >= 0.3 is 0 Å². The van der Waals surface area contributed by atoms with Crippen LogP contribution in [0, 0.1) is 22.7 Å². The summed E-state index contributed by atoms with van der Waals surface area (Å²) in [5.74, 6) is -0.681. The molecule has 0 aromatic rings. The van der Waals surface area contributed by atoms with Gasteiger partial charge in [0.1, 0.15) is 0 Å². The van der Waals surface area contributed by atoms with E-state index in [1.807, 2.05) is 0 Å². The van der Waals surface area contributed by atoms with Gasteiger partial charge in [0.15, 0.2) is 10.6 Å². The lowest BCUT2D eigenvalue weighted by Crippen LogP contribution is -2.45. The lowest BCUT2D eigenvalue weighted by atomic mass is 9.69. The fourth-order valence-electron chi connectivity index (χ4n) is 5.22. The molecule has 8 heteroatoms. The molecule has 24 heavy (non-hydrogen) atoms. The molecule has 0 aromatic heterocycles. The van der Waals surface area contributed by atoms with Gasteiger partial charge in [-0.15, -0.1) is 0 Å². The standard InChI is InChI=1S/C16H23Cl2NO4S/c1-10(16(17,18)8-20)6-13(21)19-12-7-11-4-5-15(12,14(11,2)3)9-24(19,22)23/h8,10-12H,4-7,9H2,1-3H3/t10-,11?,12-,15-/m1/s1. The zero-order valence-corrected chi connectivity index (χ0v) is 16.4. The van der Waals surface area contributed by atoms with Crippen molar-refractivity contribution in [1.29, 1.82) is 0 Å². The van der Waals surface area contributed by atoms with Crippen molar-refractivity contribution in [3.05, 3.63) is 0 Å². The summed E-state index contributed by atoms with van der Waals surface area (Å²) in [5, 5.41) is 0. The summed E-state index contributed by atoms with van der Waals surface area (Å²) in [6, 6.07) is -0.271. The van der Waals surface area contributed by atoms with Crippen molar-refractivity contribution in [1.82, 2.24) is 4.31 Å². The first-order chi connectivity index (χ1) is 10.9. The first kappa shape index (κ1) is 18.5. The molecule has 2 saturated carbocycles. The number of carbonyl (C=O) groups excluding carboxylic acids is 2. The normalized spacial score (nSPS) is 37.3. The second-order valence-corrected chi connectivity index (χ2v) is 11.5. The van der Waals surface area contributed by atoms with E-state index in [4.69, 9.17) is 23.2 Å². The summed E-state index contributed by atoms with van der Waals surface area (Å²) < 4.78 is 24.9. The van der Waals surface area contributed by atoms with Gasteiger partial charge in [-0.1, -0.05) is 44.0 Å². The highest BCUT2D eigenvalue weighted by molar-refractivity contribution is 7.90. The Kier molecular flexibility index (Phi) is 4.10. The average molecular weight is 396 g/mol. The maximum Gasteiger partial charge on any atom is 0.238 e. The summed E-state index contributed by atoms with van der Waals surface area (Å²) in [6.07, 6.45) is 2.82. The monoisotopic (exact) mass is 395 g/mol. The van der Waals surface area contributed by atoms with Crippen LogP contribution >= 0.6 is 23.2 Å². The zero-order chi connectivity index (χ0) is 18.1. The third-order valence-corrected chi connectivity index (χ3v) is 9.81. The third kappa shape index (κ3) is 2.28. The summed E-state index contributed by atoms with van der Waals surface area (Å²) in [6.45, 7) is 5.84. The van der Waals surface area contributed by atoms with Gasteiger partial charge in [-0.2, -0.15) is 0 Å². The molecule has 2 aliphatic carbocycles. The van der Waals surface area contributed by atoms with Gasteiger partial charge in [-0.05, 0) is 30.6 Å². The molecular formula is C16H23Cl2NO4S. The minimum Gasteiger partial charge on any atom is -0.300 e. The lowest BCUT2D eigenvalue weighted by molar-refractivity contribution is -0.130. The number of carbonyl (C=O) groups is 2. The van der Waals surface area contributed by atoms with Crippen LogP contribution in [0.3, 0.4) is 0 Å². The molecule has 1 spiro atoms. The Morgan fingerprint density at radius 3 is 2.58 bits per heavy atom. The van der Waals surface area contributed by atoms with Crippen LogP contribution in [0.15, 0.2) is 0 Å². The van der Waals surface area contributed by atoms with Gasteiger partial charge in [-0.25, -0.2) is 12.7 Å². The van der Waals surface area contributed by atoms with Gasteiger partial charge in [0.25, 0.3) is 0 Å². The number of aldehydes is 1. The molecule has 3 fully saturated rings. The molecule has 3 rings (SSSR count). The Labute approximate surface area is 153 Å². The van der Waals surface area contributed by atoms with E-state index in [9.17, 15) is 18.0 Å². The van der Waals surface area contributed by atoms with Crippen LogP contribution < -0.4 is 0 Å². The maximum absolute atomic E-state index is 12.8. The molecule has 136 valence electrons. The van der Waals surface area contributed by atoms with Crippen LogP contribution in [0.5, 0.6) is 0 Å². The number of halogens is 2. The molecule has 1 heterocycles. The molecule has 2 bridgehead atoms. The Morgan fingerprint density at radius 2 is 2.04 bits per heavy atom. The molecule has 0 aromatic carbocycles. The van der Waals surface area contributed by atoms with Gasteiger partial charge in [-0.3, -0.25) is 4.79 Å². The first-order valence-corrected chi connectivity index (χ1v) is 10.6. The summed E-state index contributed by atoms with van der Waals surface area (Å²) in [4.78, 5) is 23.7. The highest BCUT2D eigenvalue weighted by atomic mass is 35.5. The molecule has 4 atom stereocenters. The van der Waals surface area contributed by atoms with E-state index >= 15 is 0 Å². The number of hydrogen-bond acceptors (Lipinski definition) is 4. The van der Waals surface area contributed by atoms with E-state index in [0.717, 1.165) is 23.6 Å². The number of amides is 1. The van der Waals surface area contributed by atoms with Crippen molar-refractivity contribution in [2.75, 3.05) is 5.75 Å². The predicted octanol–water partition coefficient (Wildman–Crippen LogP) is 2.75. The Bertz CT molecular complexity index is 690. The zero-order valence-electron chi connectivity index (χ0n) is 14.1.